The highest BCUT2D eigenvalue weighted by Gasteiger charge is 2.26. The van der Waals surface area contributed by atoms with Gasteiger partial charge in [0.2, 0.25) is 5.91 Å². The number of ether oxygens (including phenoxy) is 1. The van der Waals surface area contributed by atoms with Crippen molar-refractivity contribution in [3.8, 4) is 5.75 Å². The van der Waals surface area contributed by atoms with E-state index >= 15 is 0 Å². The molecule has 3 rings (SSSR count). The molecule has 0 spiro atoms. The van der Waals surface area contributed by atoms with Crippen molar-refractivity contribution in [3.63, 3.8) is 0 Å². The summed E-state index contributed by atoms with van der Waals surface area (Å²) in [6.07, 6.45) is 8.53. The molecule has 1 aliphatic heterocycles. The average Bonchev–Trinajstić information content (AvgIpc) is 3.32. The average molecular weight is 273 g/mol. The van der Waals surface area contributed by atoms with E-state index in [1.807, 2.05) is 35.2 Å². The van der Waals surface area contributed by atoms with Crippen LogP contribution in [0.1, 0.15) is 25.7 Å². The van der Waals surface area contributed by atoms with Crippen LogP contribution < -0.4 is 4.74 Å². The highest BCUT2D eigenvalue weighted by molar-refractivity contribution is 5.76. The molecule has 0 atom stereocenters. The molecule has 0 N–H and O–H groups in total. The Morgan fingerprint density at radius 1 is 1.20 bits per heavy atom. The lowest BCUT2D eigenvalue weighted by molar-refractivity contribution is -0.130. The summed E-state index contributed by atoms with van der Waals surface area (Å²) in [7, 11) is 1.66. The summed E-state index contributed by atoms with van der Waals surface area (Å²) >= 11 is 0. The first-order valence-electron chi connectivity index (χ1n) is 7.31. The highest BCUT2D eigenvalue weighted by Crippen LogP contribution is 2.30. The van der Waals surface area contributed by atoms with E-state index in [4.69, 9.17) is 4.74 Å². The number of carbonyl (C=O) groups is 1. The van der Waals surface area contributed by atoms with Crippen molar-refractivity contribution in [2.24, 2.45) is 5.92 Å². The van der Waals surface area contributed by atoms with Crippen LogP contribution in [0.3, 0.4) is 0 Å². The van der Waals surface area contributed by atoms with Gasteiger partial charge in [0, 0.05) is 19.5 Å². The maximum atomic E-state index is 11.5. The summed E-state index contributed by atoms with van der Waals surface area (Å²) in [6, 6.07) is 9.68. The third-order valence-corrected chi connectivity index (χ3v) is 3.52. The van der Waals surface area contributed by atoms with Crippen LogP contribution >= 0.6 is 0 Å². The predicted octanol–water partition coefficient (Wildman–Crippen LogP) is 3.27. The van der Waals surface area contributed by atoms with Gasteiger partial charge in [-0.3, -0.25) is 4.79 Å². The van der Waals surface area contributed by atoms with Crippen molar-refractivity contribution in [1.29, 1.82) is 0 Å². The topological polar surface area (TPSA) is 29.5 Å². The first kappa shape index (κ1) is 14.6. The van der Waals surface area contributed by atoms with Gasteiger partial charge < -0.3 is 9.64 Å². The van der Waals surface area contributed by atoms with E-state index in [-0.39, 0.29) is 0 Å². The van der Waals surface area contributed by atoms with Crippen molar-refractivity contribution >= 4 is 5.91 Å². The molecule has 2 aliphatic rings. The van der Waals surface area contributed by atoms with Crippen molar-refractivity contribution < 1.29 is 9.53 Å². The van der Waals surface area contributed by atoms with Gasteiger partial charge >= 0.3 is 0 Å². The summed E-state index contributed by atoms with van der Waals surface area (Å²) in [5.74, 6) is 2.07. The van der Waals surface area contributed by atoms with E-state index < -0.39 is 0 Å². The normalized spacial score (nSPS) is 18.1. The lowest BCUT2D eigenvalue weighted by Crippen LogP contribution is -2.31. The summed E-state index contributed by atoms with van der Waals surface area (Å²) in [5, 5.41) is 0. The summed E-state index contributed by atoms with van der Waals surface area (Å²) in [5.41, 5.74) is 0. The van der Waals surface area contributed by atoms with Gasteiger partial charge in [-0.05, 0) is 37.3 Å². The number of para-hydroxylation sites is 1. The predicted molar refractivity (Wildman–Crippen MR) is 80.7 cm³/mol. The van der Waals surface area contributed by atoms with E-state index in [0.717, 1.165) is 31.2 Å². The highest BCUT2D eigenvalue weighted by atomic mass is 16.5. The summed E-state index contributed by atoms with van der Waals surface area (Å²) < 4.78 is 4.91. The first-order chi connectivity index (χ1) is 9.79. The number of benzene rings is 1. The van der Waals surface area contributed by atoms with Crippen LogP contribution in [0.5, 0.6) is 5.75 Å². The van der Waals surface area contributed by atoms with Gasteiger partial charge in [0.05, 0.1) is 7.11 Å². The van der Waals surface area contributed by atoms with Crippen LogP contribution in [0.15, 0.2) is 42.5 Å². The monoisotopic (exact) mass is 273 g/mol. The smallest absolute Gasteiger partial charge is 0.223 e. The van der Waals surface area contributed by atoms with Gasteiger partial charge in [0.25, 0.3) is 0 Å². The fourth-order valence-corrected chi connectivity index (χ4v) is 2.13. The van der Waals surface area contributed by atoms with Crippen LogP contribution in [-0.2, 0) is 4.79 Å². The molecule has 1 fully saturated rings. The third kappa shape index (κ3) is 5.08. The Hall–Kier alpha value is -1.77. The molecule has 0 radical (unpaired) electrons. The quantitative estimate of drug-likeness (QED) is 0.791. The molecule has 0 unspecified atom stereocenters. The SMILES string of the molecule is COc1ccccc1.O=C1CCC=CCN1CC1CC1. The fourth-order valence-electron chi connectivity index (χ4n) is 2.13. The zero-order valence-corrected chi connectivity index (χ0v) is 12.1. The molecule has 3 nitrogen and oxygen atoms in total. The minimum absolute atomic E-state index is 0.340. The minimum atomic E-state index is 0.340. The number of rotatable bonds is 3. The molecule has 1 heterocycles. The Kier molecular flexibility index (Phi) is 5.66. The third-order valence-electron chi connectivity index (χ3n) is 3.52. The number of hydrogen-bond acceptors (Lipinski definition) is 2. The summed E-state index contributed by atoms with van der Waals surface area (Å²) in [6.45, 7) is 1.85. The second-order valence-corrected chi connectivity index (χ2v) is 5.27. The maximum absolute atomic E-state index is 11.5. The van der Waals surface area contributed by atoms with Gasteiger partial charge in [-0.1, -0.05) is 30.4 Å². The first-order valence-corrected chi connectivity index (χ1v) is 7.31. The van der Waals surface area contributed by atoms with E-state index in [0.29, 0.717) is 12.3 Å². The lowest BCUT2D eigenvalue weighted by Gasteiger charge is -2.19. The molecule has 108 valence electrons. The number of nitrogens with zero attached hydrogens (tertiary/aromatic N) is 1. The van der Waals surface area contributed by atoms with Gasteiger partial charge in [0.1, 0.15) is 5.75 Å². The van der Waals surface area contributed by atoms with Gasteiger partial charge in [-0.25, -0.2) is 0 Å². The zero-order chi connectivity index (χ0) is 14.2. The van der Waals surface area contributed by atoms with E-state index in [1.54, 1.807) is 7.11 Å². The Morgan fingerprint density at radius 3 is 2.55 bits per heavy atom. The second-order valence-electron chi connectivity index (χ2n) is 5.27. The standard InChI is InChI=1S/C10H15NO.C7H8O/c12-10-4-2-1-3-7-11(10)8-9-5-6-9;1-8-7-5-3-2-4-6-7/h1,3,9H,2,4-8H2;2-6H,1H3. The van der Waals surface area contributed by atoms with Crippen molar-refractivity contribution in [3.05, 3.63) is 42.5 Å². The van der Waals surface area contributed by atoms with Crippen LogP contribution in [0, 0.1) is 5.92 Å². The minimum Gasteiger partial charge on any atom is -0.497 e. The Balaban J connectivity index is 0.000000160. The van der Waals surface area contributed by atoms with Gasteiger partial charge in [-0.2, -0.15) is 0 Å². The number of hydrogen-bond donors (Lipinski definition) is 0. The number of methoxy groups -OCH3 is 1. The lowest BCUT2D eigenvalue weighted by atomic mass is 10.3. The molecule has 1 aromatic rings. The molecule has 0 bridgehead atoms. The molecule has 0 aromatic heterocycles. The van der Waals surface area contributed by atoms with Crippen molar-refractivity contribution in [2.45, 2.75) is 25.7 Å². The van der Waals surface area contributed by atoms with Gasteiger partial charge in [0.15, 0.2) is 0 Å². The van der Waals surface area contributed by atoms with E-state index in [9.17, 15) is 4.79 Å². The number of amides is 1. The Labute approximate surface area is 121 Å². The number of carbonyl (C=O) groups excluding carboxylic acids is 1. The van der Waals surface area contributed by atoms with Crippen LogP contribution in [0.2, 0.25) is 0 Å². The van der Waals surface area contributed by atoms with Gasteiger partial charge in [-0.15, -0.1) is 0 Å². The zero-order valence-electron chi connectivity index (χ0n) is 12.1. The Bertz CT molecular complexity index is 438. The molecule has 20 heavy (non-hydrogen) atoms. The maximum Gasteiger partial charge on any atom is 0.223 e. The van der Waals surface area contributed by atoms with Crippen LogP contribution in [-0.4, -0.2) is 31.0 Å². The molecule has 1 aliphatic carbocycles. The van der Waals surface area contributed by atoms with Crippen molar-refractivity contribution in [1.82, 2.24) is 4.90 Å². The molecule has 0 saturated heterocycles. The van der Waals surface area contributed by atoms with E-state index in [1.165, 1.54) is 12.8 Å². The largest absolute Gasteiger partial charge is 0.497 e. The Morgan fingerprint density at radius 2 is 1.95 bits per heavy atom. The van der Waals surface area contributed by atoms with E-state index in [2.05, 4.69) is 12.2 Å². The molecular weight excluding hydrogens is 250 g/mol. The second kappa shape index (κ2) is 7.73. The van der Waals surface area contributed by atoms with Crippen molar-refractivity contribution in [2.75, 3.05) is 20.2 Å². The summed E-state index contributed by atoms with van der Waals surface area (Å²) in [4.78, 5) is 13.5. The van der Waals surface area contributed by atoms with Crippen LogP contribution in [0.25, 0.3) is 0 Å². The van der Waals surface area contributed by atoms with Crippen LogP contribution in [0.4, 0.5) is 0 Å². The fraction of sp³-hybridized carbons (Fsp3) is 0.471. The molecule has 1 amide bonds. The molecule has 1 aromatic carbocycles. The molecule has 1 saturated carbocycles. The number of allylic oxidation sites excluding steroid dienone is 1. The molecule has 3 heteroatoms. The molecular formula is C17H23NO2.